The van der Waals surface area contributed by atoms with Crippen LogP contribution in [0.25, 0.3) is 6.08 Å². The monoisotopic (exact) mass is 288 g/mol. The first kappa shape index (κ1) is 15.1. The van der Waals surface area contributed by atoms with E-state index in [-0.39, 0.29) is 12.1 Å². The average Bonchev–Trinajstić information content (AvgIpc) is 2.46. The normalized spacial score (nSPS) is 15.8. The second-order valence-corrected chi connectivity index (χ2v) is 5.23. The number of nitrogens with one attached hydrogen (secondary N) is 2. The Hall–Kier alpha value is -2.30. The van der Waals surface area contributed by atoms with Crippen LogP contribution in [0.15, 0.2) is 30.3 Å². The summed E-state index contributed by atoms with van der Waals surface area (Å²) in [6.45, 7) is 0. The Morgan fingerprint density at radius 2 is 1.95 bits per heavy atom. The van der Waals surface area contributed by atoms with Crippen LogP contribution in [0.3, 0.4) is 0 Å². The van der Waals surface area contributed by atoms with Crippen molar-refractivity contribution in [1.29, 1.82) is 0 Å². The number of benzene rings is 1. The third-order valence-electron chi connectivity index (χ3n) is 3.50. The molecule has 0 aliphatic heterocycles. The molecule has 21 heavy (non-hydrogen) atoms. The van der Waals surface area contributed by atoms with Gasteiger partial charge in [-0.05, 0) is 36.6 Å². The summed E-state index contributed by atoms with van der Waals surface area (Å²) >= 11 is 0. The Bertz CT molecular complexity index is 534. The zero-order valence-electron chi connectivity index (χ0n) is 11.8. The number of amides is 2. The maximum atomic E-state index is 11.9. The van der Waals surface area contributed by atoms with E-state index in [2.05, 4.69) is 10.6 Å². The van der Waals surface area contributed by atoms with Crippen LogP contribution in [0.5, 0.6) is 0 Å². The van der Waals surface area contributed by atoms with Gasteiger partial charge in [0.1, 0.15) is 0 Å². The van der Waals surface area contributed by atoms with Gasteiger partial charge in [0.25, 0.3) is 0 Å². The number of carboxylic acids is 1. The van der Waals surface area contributed by atoms with Crippen molar-refractivity contribution in [2.75, 3.05) is 5.32 Å². The third kappa shape index (κ3) is 5.30. The second kappa shape index (κ2) is 7.47. The molecule has 1 aromatic rings. The second-order valence-electron chi connectivity index (χ2n) is 5.23. The van der Waals surface area contributed by atoms with E-state index in [0.717, 1.165) is 24.5 Å². The maximum Gasteiger partial charge on any atom is 0.328 e. The molecule has 0 unspecified atom stereocenters. The van der Waals surface area contributed by atoms with Crippen molar-refractivity contribution >= 4 is 23.8 Å². The Labute approximate surface area is 124 Å². The minimum Gasteiger partial charge on any atom is -0.478 e. The van der Waals surface area contributed by atoms with Crippen molar-refractivity contribution in [3.8, 4) is 0 Å². The molecule has 5 nitrogen and oxygen atoms in total. The molecular formula is C16H20N2O3. The number of carbonyl (C=O) groups excluding carboxylic acids is 1. The SMILES string of the molecule is O=C(O)C=Cc1cccc(NC(=O)NC2CCCCC2)c1. The summed E-state index contributed by atoms with van der Waals surface area (Å²) in [5.74, 6) is -0.997. The molecule has 0 heterocycles. The van der Waals surface area contributed by atoms with Crippen molar-refractivity contribution in [2.45, 2.75) is 38.1 Å². The summed E-state index contributed by atoms with van der Waals surface area (Å²) in [7, 11) is 0. The molecule has 0 atom stereocenters. The molecular weight excluding hydrogens is 268 g/mol. The molecule has 112 valence electrons. The van der Waals surface area contributed by atoms with Crippen molar-refractivity contribution in [3.05, 3.63) is 35.9 Å². The first-order valence-corrected chi connectivity index (χ1v) is 7.22. The van der Waals surface area contributed by atoms with Crippen molar-refractivity contribution in [3.63, 3.8) is 0 Å². The summed E-state index contributed by atoms with van der Waals surface area (Å²) in [5.41, 5.74) is 1.38. The number of urea groups is 1. The summed E-state index contributed by atoms with van der Waals surface area (Å²) < 4.78 is 0. The predicted octanol–water partition coefficient (Wildman–Crippen LogP) is 3.24. The van der Waals surface area contributed by atoms with E-state index < -0.39 is 5.97 Å². The van der Waals surface area contributed by atoms with Gasteiger partial charge < -0.3 is 15.7 Å². The molecule has 0 bridgehead atoms. The van der Waals surface area contributed by atoms with Crippen LogP contribution >= 0.6 is 0 Å². The van der Waals surface area contributed by atoms with Crippen LogP contribution in [0.1, 0.15) is 37.7 Å². The van der Waals surface area contributed by atoms with Crippen LogP contribution < -0.4 is 10.6 Å². The molecule has 1 aliphatic rings. The minimum absolute atomic E-state index is 0.207. The Kier molecular flexibility index (Phi) is 5.37. The van der Waals surface area contributed by atoms with E-state index in [1.54, 1.807) is 24.3 Å². The number of hydrogen-bond acceptors (Lipinski definition) is 2. The van der Waals surface area contributed by atoms with Gasteiger partial charge in [-0.25, -0.2) is 9.59 Å². The van der Waals surface area contributed by atoms with Gasteiger partial charge in [-0.1, -0.05) is 31.4 Å². The number of carboxylic acid groups (broad SMARTS) is 1. The van der Waals surface area contributed by atoms with Crippen LogP contribution in [-0.4, -0.2) is 23.1 Å². The first-order valence-electron chi connectivity index (χ1n) is 7.22. The quantitative estimate of drug-likeness (QED) is 0.744. The summed E-state index contributed by atoms with van der Waals surface area (Å²) in [6, 6.07) is 7.12. The average molecular weight is 288 g/mol. The molecule has 1 aliphatic carbocycles. The van der Waals surface area contributed by atoms with Crippen LogP contribution in [-0.2, 0) is 4.79 Å². The topological polar surface area (TPSA) is 78.4 Å². The molecule has 0 radical (unpaired) electrons. The van der Waals surface area contributed by atoms with Gasteiger partial charge >= 0.3 is 12.0 Å². The zero-order chi connectivity index (χ0) is 15.1. The van der Waals surface area contributed by atoms with E-state index in [9.17, 15) is 9.59 Å². The Morgan fingerprint density at radius 1 is 1.19 bits per heavy atom. The van der Waals surface area contributed by atoms with E-state index in [4.69, 9.17) is 5.11 Å². The highest BCUT2D eigenvalue weighted by Crippen LogP contribution is 2.18. The molecule has 2 amide bonds. The molecule has 3 N–H and O–H groups in total. The molecule has 2 rings (SSSR count). The Balaban J connectivity index is 1.90. The predicted molar refractivity (Wildman–Crippen MR) is 82.1 cm³/mol. The lowest BCUT2D eigenvalue weighted by Gasteiger charge is -2.22. The minimum atomic E-state index is -0.997. The first-order chi connectivity index (χ1) is 10.1. The molecule has 0 aromatic heterocycles. The smallest absolute Gasteiger partial charge is 0.328 e. The van der Waals surface area contributed by atoms with E-state index in [1.165, 1.54) is 25.3 Å². The lowest BCUT2D eigenvalue weighted by Crippen LogP contribution is -2.39. The van der Waals surface area contributed by atoms with Gasteiger partial charge in [-0.15, -0.1) is 0 Å². The van der Waals surface area contributed by atoms with Crippen LogP contribution in [0, 0.1) is 0 Å². The number of aliphatic carboxylic acids is 1. The highest BCUT2D eigenvalue weighted by Gasteiger charge is 2.15. The standard InChI is InChI=1S/C16H20N2O3/c19-15(20)10-9-12-5-4-8-14(11-12)18-16(21)17-13-6-2-1-3-7-13/h4-5,8-11,13H,1-3,6-7H2,(H,19,20)(H2,17,18,21). The lowest BCUT2D eigenvalue weighted by atomic mass is 9.96. The van der Waals surface area contributed by atoms with Gasteiger partial charge in [0.15, 0.2) is 0 Å². The number of rotatable bonds is 4. The van der Waals surface area contributed by atoms with Gasteiger partial charge in [0.05, 0.1) is 0 Å². The summed E-state index contributed by atoms with van der Waals surface area (Å²) in [4.78, 5) is 22.4. The lowest BCUT2D eigenvalue weighted by molar-refractivity contribution is -0.131. The van der Waals surface area contributed by atoms with E-state index in [1.807, 2.05) is 0 Å². The fourth-order valence-electron chi connectivity index (χ4n) is 2.49. The van der Waals surface area contributed by atoms with Crippen molar-refractivity contribution < 1.29 is 14.7 Å². The van der Waals surface area contributed by atoms with Gasteiger partial charge in [0, 0.05) is 17.8 Å². The van der Waals surface area contributed by atoms with E-state index >= 15 is 0 Å². The van der Waals surface area contributed by atoms with Gasteiger partial charge in [0.2, 0.25) is 0 Å². The molecule has 5 heteroatoms. The zero-order valence-corrected chi connectivity index (χ0v) is 11.8. The number of carbonyl (C=O) groups is 2. The van der Waals surface area contributed by atoms with Crippen LogP contribution in [0.2, 0.25) is 0 Å². The maximum absolute atomic E-state index is 11.9. The molecule has 1 saturated carbocycles. The fourth-order valence-corrected chi connectivity index (χ4v) is 2.49. The van der Waals surface area contributed by atoms with Crippen molar-refractivity contribution in [2.24, 2.45) is 0 Å². The Morgan fingerprint density at radius 3 is 2.67 bits per heavy atom. The number of hydrogen-bond donors (Lipinski definition) is 3. The van der Waals surface area contributed by atoms with Gasteiger partial charge in [-0.2, -0.15) is 0 Å². The summed E-state index contributed by atoms with van der Waals surface area (Å²) in [6.07, 6.45) is 8.22. The largest absolute Gasteiger partial charge is 0.478 e. The molecule has 0 saturated heterocycles. The van der Waals surface area contributed by atoms with Crippen molar-refractivity contribution in [1.82, 2.24) is 5.32 Å². The van der Waals surface area contributed by atoms with Gasteiger partial charge in [-0.3, -0.25) is 0 Å². The highest BCUT2D eigenvalue weighted by molar-refractivity contribution is 5.90. The summed E-state index contributed by atoms with van der Waals surface area (Å²) in [5, 5.41) is 14.4. The van der Waals surface area contributed by atoms with E-state index in [0.29, 0.717) is 5.69 Å². The van der Waals surface area contributed by atoms with Crippen LogP contribution in [0.4, 0.5) is 10.5 Å². The molecule has 0 spiro atoms. The highest BCUT2D eigenvalue weighted by atomic mass is 16.4. The molecule has 1 fully saturated rings. The molecule has 1 aromatic carbocycles. The third-order valence-corrected chi connectivity index (χ3v) is 3.50. The fraction of sp³-hybridized carbons (Fsp3) is 0.375. The number of anilines is 1.